The fraction of sp³-hybridized carbons (Fsp3) is 0.333. The number of halogens is 4. The topological polar surface area (TPSA) is 0 Å². The number of alkyl halides is 3. The molecule has 0 aromatic heterocycles. The zero-order valence-corrected chi connectivity index (χ0v) is 8.93. The Morgan fingerprint density at radius 2 is 2.00 bits per heavy atom. The van der Waals surface area contributed by atoms with Gasteiger partial charge in [0.2, 0.25) is 0 Å². The lowest BCUT2D eigenvalue weighted by Crippen LogP contribution is -2.05. The molecular weight excluding hydrogens is 233 g/mol. The van der Waals surface area contributed by atoms with Crippen LogP contribution in [0.5, 0.6) is 0 Å². The Kier molecular flexibility index (Phi) is 3.72. The van der Waals surface area contributed by atoms with Crippen LogP contribution in [0.2, 0.25) is 5.02 Å². The Labute approximate surface area is 89.4 Å². The average molecular weight is 241 g/mol. The summed E-state index contributed by atoms with van der Waals surface area (Å²) in [5.74, 6) is 0.489. The monoisotopic (exact) mass is 240 g/mol. The van der Waals surface area contributed by atoms with Crippen molar-refractivity contribution in [2.24, 2.45) is 0 Å². The number of benzene rings is 1. The van der Waals surface area contributed by atoms with Crippen LogP contribution in [-0.2, 0) is 11.9 Å². The van der Waals surface area contributed by atoms with Crippen LogP contribution in [0.4, 0.5) is 13.2 Å². The van der Waals surface area contributed by atoms with Gasteiger partial charge in [0.1, 0.15) is 0 Å². The molecule has 0 radical (unpaired) electrons. The maximum Gasteiger partial charge on any atom is 0.416 e. The second kappa shape index (κ2) is 4.45. The van der Waals surface area contributed by atoms with Crippen molar-refractivity contribution in [2.45, 2.75) is 11.9 Å². The highest BCUT2D eigenvalue weighted by molar-refractivity contribution is 7.97. The third-order valence-electron chi connectivity index (χ3n) is 1.67. The first-order valence-corrected chi connectivity index (χ1v) is 5.57. The van der Waals surface area contributed by atoms with Gasteiger partial charge in [-0.25, -0.2) is 0 Å². The first kappa shape index (κ1) is 11.7. The van der Waals surface area contributed by atoms with E-state index in [1.807, 2.05) is 6.26 Å². The van der Waals surface area contributed by atoms with Gasteiger partial charge in [0.25, 0.3) is 0 Å². The Morgan fingerprint density at radius 1 is 1.36 bits per heavy atom. The van der Waals surface area contributed by atoms with Gasteiger partial charge in [0, 0.05) is 10.8 Å². The smallest absolute Gasteiger partial charge is 0.166 e. The van der Waals surface area contributed by atoms with Gasteiger partial charge in [-0.3, -0.25) is 0 Å². The van der Waals surface area contributed by atoms with Gasteiger partial charge in [-0.2, -0.15) is 24.9 Å². The van der Waals surface area contributed by atoms with Crippen molar-refractivity contribution in [3.63, 3.8) is 0 Å². The molecule has 0 atom stereocenters. The van der Waals surface area contributed by atoms with Gasteiger partial charge >= 0.3 is 6.18 Å². The van der Waals surface area contributed by atoms with E-state index in [2.05, 4.69) is 0 Å². The summed E-state index contributed by atoms with van der Waals surface area (Å²) in [5, 5.41) is 0.382. The first-order valence-electron chi connectivity index (χ1n) is 3.79. The van der Waals surface area contributed by atoms with Crippen molar-refractivity contribution in [3.8, 4) is 0 Å². The van der Waals surface area contributed by atoms with Crippen LogP contribution in [0.3, 0.4) is 0 Å². The van der Waals surface area contributed by atoms with Crippen molar-refractivity contribution < 1.29 is 13.2 Å². The number of hydrogen-bond acceptors (Lipinski definition) is 1. The van der Waals surface area contributed by atoms with Crippen molar-refractivity contribution >= 4 is 23.4 Å². The van der Waals surface area contributed by atoms with Crippen LogP contribution in [0.1, 0.15) is 11.1 Å². The zero-order chi connectivity index (χ0) is 10.8. The summed E-state index contributed by atoms with van der Waals surface area (Å²) >= 11 is 7.18. The molecule has 1 aromatic rings. The molecule has 5 heteroatoms. The second-order valence-corrected chi connectivity index (χ2v) is 4.01. The van der Waals surface area contributed by atoms with Gasteiger partial charge in [-0.15, -0.1) is 0 Å². The Bertz CT molecular complexity index is 322. The molecule has 0 aliphatic rings. The molecule has 0 saturated heterocycles. The van der Waals surface area contributed by atoms with Crippen LogP contribution in [0.25, 0.3) is 0 Å². The summed E-state index contributed by atoms with van der Waals surface area (Å²) in [6.07, 6.45) is -2.48. The summed E-state index contributed by atoms with van der Waals surface area (Å²) in [6.45, 7) is 0. The molecule has 0 aliphatic carbocycles. The van der Waals surface area contributed by atoms with Crippen LogP contribution in [0, 0.1) is 0 Å². The molecule has 0 fully saturated rings. The SMILES string of the molecule is CSCc1cc(C(F)(F)F)ccc1Cl. The van der Waals surface area contributed by atoms with E-state index < -0.39 is 11.7 Å². The van der Waals surface area contributed by atoms with E-state index in [1.54, 1.807) is 0 Å². The minimum absolute atomic E-state index is 0.382. The highest BCUT2D eigenvalue weighted by Gasteiger charge is 2.30. The number of hydrogen-bond donors (Lipinski definition) is 0. The van der Waals surface area contributed by atoms with E-state index in [4.69, 9.17) is 11.6 Å². The van der Waals surface area contributed by atoms with E-state index in [0.29, 0.717) is 16.3 Å². The molecule has 0 aliphatic heterocycles. The third kappa shape index (κ3) is 2.82. The van der Waals surface area contributed by atoms with Crippen molar-refractivity contribution in [1.82, 2.24) is 0 Å². The summed E-state index contributed by atoms with van der Waals surface area (Å²) in [7, 11) is 0. The molecule has 0 saturated carbocycles. The molecule has 0 nitrogen and oxygen atoms in total. The standard InChI is InChI=1S/C9H8ClF3S/c1-14-5-6-4-7(9(11,12)13)2-3-8(6)10/h2-4H,5H2,1H3. The molecule has 0 amide bonds. The minimum Gasteiger partial charge on any atom is -0.166 e. The van der Waals surface area contributed by atoms with E-state index in [0.717, 1.165) is 12.1 Å². The Morgan fingerprint density at radius 3 is 2.50 bits per heavy atom. The predicted octanol–water partition coefficient (Wildman–Crippen LogP) is 4.22. The molecular formula is C9H8ClF3S. The molecule has 0 heterocycles. The summed E-state index contributed by atoms with van der Waals surface area (Å²) in [5.41, 5.74) is -0.125. The molecule has 1 rings (SSSR count). The lowest BCUT2D eigenvalue weighted by Gasteiger charge is -2.09. The van der Waals surface area contributed by atoms with Crippen LogP contribution in [-0.4, -0.2) is 6.26 Å². The summed E-state index contributed by atoms with van der Waals surface area (Å²) in [4.78, 5) is 0. The molecule has 0 N–H and O–H groups in total. The lowest BCUT2D eigenvalue weighted by atomic mass is 10.1. The second-order valence-electron chi connectivity index (χ2n) is 2.74. The van der Waals surface area contributed by atoms with Crippen LogP contribution < -0.4 is 0 Å². The molecule has 1 aromatic carbocycles. The molecule has 0 bridgehead atoms. The summed E-state index contributed by atoms with van der Waals surface area (Å²) < 4.78 is 36.9. The zero-order valence-electron chi connectivity index (χ0n) is 7.36. The maximum absolute atomic E-state index is 12.3. The molecule has 14 heavy (non-hydrogen) atoms. The van der Waals surface area contributed by atoms with Crippen molar-refractivity contribution in [3.05, 3.63) is 34.3 Å². The predicted molar refractivity (Wildman–Crippen MR) is 53.7 cm³/mol. The third-order valence-corrected chi connectivity index (χ3v) is 2.64. The van der Waals surface area contributed by atoms with Crippen LogP contribution in [0.15, 0.2) is 18.2 Å². The largest absolute Gasteiger partial charge is 0.416 e. The van der Waals surface area contributed by atoms with Crippen molar-refractivity contribution in [1.29, 1.82) is 0 Å². The normalized spacial score (nSPS) is 11.8. The highest BCUT2D eigenvalue weighted by atomic mass is 35.5. The molecule has 78 valence electrons. The Balaban J connectivity index is 3.06. The van der Waals surface area contributed by atoms with Gasteiger partial charge in [0.15, 0.2) is 0 Å². The minimum atomic E-state index is -4.29. The van der Waals surface area contributed by atoms with E-state index >= 15 is 0 Å². The fourth-order valence-corrected chi connectivity index (χ4v) is 1.83. The van der Waals surface area contributed by atoms with Gasteiger partial charge < -0.3 is 0 Å². The number of thioether (sulfide) groups is 1. The highest BCUT2D eigenvalue weighted by Crippen LogP contribution is 2.32. The van der Waals surface area contributed by atoms with Gasteiger partial charge in [-0.1, -0.05) is 11.6 Å². The lowest BCUT2D eigenvalue weighted by molar-refractivity contribution is -0.137. The first-order chi connectivity index (χ1) is 6.45. The maximum atomic E-state index is 12.3. The van der Waals surface area contributed by atoms with E-state index in [9.17, 15) is 13.2 Å². The Hall–Kier alpha value is -0.350. The quantitative estimate of drug-likeness (QED) is 0.746. The van der Waals surface area contributed by atoms with Crippen molar-refractivity contribution in [2.75, 3.05) is 6.26 Å². The van der Waals surface area contributed by atoms with E-state index in [1.165, 1.54) is 17.8 Å². The van der Waals surface area contributed by atoms with Gasteiger partial charge in [-0.05, 0) is 30.0 Å². The average Bonchev–Trinajstić information content (AvgIpc) is 2.07. The van der Waals surface area contributed by atoms with E-state index in [-0.39, 0.29) is 0 Å². The fourth-order valence-electron chi connectivity index (χ4n) is 1.02. The van der Waals surface area contributed by atoms with Gasteiger partial charge in [0.05, 0.1) is 5.56 Å². The molecule has 0 unspecified atom stereocenters. The molecule has 0 spiro atoms. The number of rotatable bonds is 2. The summed E-state index contributed by atoms with van der Waals surface area (Å²) in [6, 6.07) is 3.38. The van der Waals surface area contributed by atoms with Crippen LogP contribution >= 0.6 is 23.4 Å².